The van der Waals surface area contributed by atoms with Crippen molar-refractivity contribution >= 4 is 39.0 Å². The molecule has 3 nitrogen and oxygen atoms in total. The van der Waals surface area contributed by atoms with Crippen molar-refractivity contribution in [3.8, 4) is 0 Å². The topological polar surface area (TPSA) is 42.1 Å². The van der Waals surface area contributed by atoms with Crippen LogP contribution in [0.2, 0.25) is 5.02 Å². The molecule has 0 amide bonds. The van der Waals surface area contributed by atoms with Crippen LogP contribution < -0.4 is 10.6 Å². The molecule has 0 spiro atoms. The number of halogens is 2. The second kappa shape index (κ2) is 5.80. The lowest BCUT2D eigenvalue weighted by atomic mass is 10.1. The summed E-state index contributed by atoms with van der Waals surface area (Å²) < 4.78 is 0.873. The minimum Gasteiger partial charge on any atom is -0.399 e. The number of rotatable bonds is 3. The van der Waals surface area contributed by atoms with Gasteiger partial charge < -0.3 is 10.6 Å². The van der Waals surface area contributed by atoms with Gasteiger partial charge in [-0.2, -0.15) is 0 Å². The van der Waals surface area contributed by atoms with Gasteiger partial charge in [-0.3, -0.25) is 0 Å². The first-order valence-electron chi connectivity index (χ1n) is 5.88. The van der Waals surface area contributed by atoms with Crippen LogP contribution in [0.1, 0.15) is 18.5 Å². The maximum absolute atomic E-state index is 5.91. The fourth-order valence-electron chi connectivity index (χ4n) is 1.89. The maximum atomic E-state index is 5.91. The average Bonchev–Trinajstić information content (AvgIpc) is 2.37. The Kier molecular flexibility index (Phi) is 4.32. The third-order valence-electron chi connectivity index (χ3n) is 3.10. The van der Waals surface area contributed by atoms with Crippen LogP contribution in [0.25, 0.3) is 0 Å². The highest BCUT2D eigenvalue weighted by Crippen LogP contribution is 2.31. The van der Waals surface area contributed by atoms with Crippen molar-refractivity contribution in [3.05, 3.63) is 51.6 Å². The van der Waals surface area contributed by atoms with Crippen LogP contribution in [0.4, 0.5) is 11.5 Å². The van der Waals surface area contributed by atoms with E-state index >= 15 is 0 Å². The summed E-state index contributed by atoms with van der Waals surface area (Å²) in [5, 5.41) is 0.612. The van der Waals surface area contributed by atoms with E-state index in [1.807, 2.05) is 31.3 Å². The van der Waals surface area contributed by atoms with E-state index < -0.39 is 0 Å². The molecule has 5 heteroatoms. The van der Waals surface area contributed by atoms with Crippen LogP contribution in [-0.2, 0) is 0 Å². The van der Waals surface area contributed by atoms with Gasteiger partial charge in [-0.05, 0) is 46.6 Å². The maximum Gasteiger partial charge on any atom is 0.143 e. The summed E-state index contributed by atoms with van der Waals surface area (Å²) in [6.45, 7) is 2.11. The number of nitrogens with zero attached hydrogens (tertiary/aromatic N) is 2. The molecular formula is C14H15BrClN3. The van der Waals surface area contributed by atoms with Crippen LogP contribution in [0.5, 0.6) is 0 Å². The molecule has 1 heterocycles. The fourth-order valence-corrected chi connectivity index (χ4v) is 2.81. The molecule has 0 saturated heterocycles. The summed E-state index contributed by atoms with van der Waals surface area (Å²) in [4.78, 5) is 6.44. The van der Waals surface area contributed by atoms with E-state index in [0.717, 1.165) is 21.5 Å². The van der Waals surface area contributed by atoms with Gasteiger partial charge >= 0.3 is 0 Å². The molecule has 1 atom stereocenters. The SMILES string of the molecule is CC(c1cccc(N)c1)N(C)c1ncc(Cl)cc1Br. The van der Waals surface area contributed by atoms with E-state index in [4.69, 9.17) is 17.3 Å². The first kappa shape index (κ1) is 14.2. The molecule has 0 bridgehead atoms. The summed E-state index contributed by atoms with van der Waals surface area (Å²) in [6, 6.07) is 9.87. The number of pyridine rings is 1. The zero-order valence-corrected chi connectivity index (χ0v) is 13.1. The number of hydrogen-bond acceptors (Lipinski definition) is 3. The van der Waals surface area contributed by atoms with E-state index in [0.29, 0.717) is 5.02 Å². The number of hydrogen-bond donors (Lipinski definition) is 1. The van der Waals surface area contributed by atoms with Gasteiger partial charge in [0.1, 0.15) is 5.82 Å². The molecule has 2 aromatic rings. The number of anilines is 2. The Balaban J connectivity index is 2.30. The molecule has 1 aromatic carbocycles. The smallest absolute Gasteiger partial charge is 0.143 e. The highest BCUT2D eigenvalue weighted by atomic mass is 79.9. The highest BCUT2D eigenvalue weighted by Gasteiger charge is 2.16. The molecule has 0 saturated carbocycles. The van der Waals surface area contributed by atoms with E-state index in [-0.39, 0.29) is 6.04 Å². The van der Waals surface area contributed by atoms with E-state index in [2.05, 4.69) is 38.8 Å². The summed E-state index contributed by atoms with van der Waals surface area (Å²) in [7, 11) is 1.99. The first-order valence-corrected chi connectivity index (χ1v) is 7.05. The van der Waals surface area contributed by atoms with Crippen molar-refractivity contribution < 1.29 is 0 Å². The Morgan fingerprint density at radius 2 is 2.11 bits per heavy atom. The van der Waals surface area contributed by atoms with Crippen LogP contribution >= 0.6 is 27.5 Å². The molecule has 0 aliphatic carbocycles. The molecule has 0 aliphatic heterocycles. The predicted octanol–water partition coefficient (Wildman–Crippen LogP) is 4.28. The number of nitrogen functional groups attached to an aromatic ring is 1. The quantitative estimate of drug-likeness (QED) is 0.848. The third kappa shape index (κ3) is 3.19. The third-order valence-corrected chi connectivity index (χ3v) is 3.89. The predicted molar refractivity (Wildman–Crippen MR) is 84.6 cm³/mol. The van der Waals surface area contributed by atoms with Crippen LogP contribution in [0.15, 0.2) is 41.0 Å². The zero-order valence-electron chi connectivity index (χ0n) is 10.8. The zero-order chi connectivity index (χ0) is 14.0. The molecule has 2 rings (SSSR count). The van der Waals surface area contributed by atoms with E-state index in [9.17, 15) is 0 Å². The monoisotopic (exact) mass is 339 g/mol. The molecule has 0 aliphatic rings. The van der Waals surface area contributed by atoms with Gasteiger partial charge in [-0.15, -0.1) is 0 Å². The molecule has 19 heavy (non-hydrogen) atoms. The molecular weight excluding hydrogens is 326 g/mol. The number of nitrogens with two attached hydrogens (primary N) is 1. The Hall–Kier alpha value is -1.26. The van der Waals surface area contributed by atoms with Crippen molar-refractivity contribution in [3.63, 3.8) is 0 Å². The second-order valence-corrected chi connectivity index (χ2v) is 5.71. The lowest BCUT2D eigenvalue weighted by Gasteiger charge is -2.27. The summed E-state index contributed by atoms with van der Waals surface area (Å²) in [5.74, 6) is 0.847. The standard InChI is InChI=1S/C14H15BrClN3/c1-9(10-4-3-5-12(17)6-10)19(2)14-13(15)7-11(16)8-18-14/h3-9H,17H2,1-2H3. The van der Waals surface area contributed by atoms with Gasteiger partial charge in [0.25, 0.3) is 0 Å². The van der Waals surface area contributed by atoms with Gasteiger partial charge in [0.05, 0.1) is 15.5 Å². The van der Waals surface area contributed by atoms with Crippen LogP contribution in [0, 0.1) is 0 Å². The average molecular weight is 341 g/mol. The van der Waals surface area contributed by atoms with E-state index in [1.165, 1.54) is 0 Å². The minimum absolute atomic E-state index is 0.161. The van der Waals surface area contributed by atoms with Crippen molar-refractivity contribution in [1.82, 2.24) is 4.98 Å². The van der Waals surface area contributed by atoms with Crippen molar-refractivity contribution in [1.29, 1.82) is 0 Å². The van der Waals surface area contributed by atoms with Crippen molar-refractivity contribution in [2.45, 2.75) is 13.0 Å². The summed E-state index contributed by atoms with van der Waals surface area (Å²) in [6.07, 6.45) is 1.64. The Labute approximate surface area is 126 Å². The molecule has 0 radical (unpaired) electrons. The Bertz CT molecular complexity index is 589. The Morgan fingerprint density at radius 1 is 1.37 bits per heavy atom. The van der Waals surface area contributed by atoms with Gasteiger partial charge in [-0.1, -0.05) is 23.7 Å². The van der Waals surface area contributed by atoms with Gasteiger partial charge in [-0.25, -0.2) is 4.98 Å². The Morgan fingerprint density at radius 3 is 2.74 bits per heavy atom. The summed E-state index contributed by atoms with van der Waals surface area (Å²) in [5.41, 5.74) is 7.73. The fraction of sp³-hybridized carbons (Fsp3) is 0.214. The summed E-state index contributed by atoms with van der Waals surface area (Å²) >= 11 is 9.40. The molecule has 2 N–H and O–H groups in total. The molecule has 0 fully saturated rings. The van der Waals surface area contributed by atoms with Gasteiger partial charge in [0.15, 0.2) is 0 Å². The highest BCUT2D eigenvalue weighted by molar-refractivity contribution is 9.10. The lowest BCUT2D eigenvalue weighted by Crippen LogP contribution is -2.23. The van der Waals surface area contributed by atoms with Gasteiger partial charge in [0, 0.05) is 18.9 Å². The van der Waals surface area contributed by atoms with E-state index in [1.54, 1.807) is 6.20 Å². The van der Waals surface area contributed by atoms with Crippen molar-refractivity contribution in [2.24, 2.45) is 0 Å². The largest absolute Gasteiger partial charge is 0.399 e. The molecule has 100 valence electrons. The molecule has 1 aromatic heterocycles. The van der Waals surface area contributed by atoms with Gasteiger partial charge in [0.2, 0.25) is 0 Å². The number of aromatic nitrogens is 1. The number of benzene rings is 1. The minimum atomic E-state index is 0.161. The van der Waals surface area contributed by atoms with Crippen LogP contribution in [0.3, 0.4) is 0 Å². The first-order chi connectivity index (χ1) is 8.99. The normalized spacial score (nSPS) is 12.2. The second-order valence-electron chi connectivity index (χ2n) is 4.42. The van der Waals surface area contributed by atoms with Crippen LogP contribution in [-0.4, -0.2) is 12.0 Å². The van der Waals surface area contributed by atoms with Crippen molar-refractivity contribution in [2.75, 3.05) is 17.7 Å². The lowest BCUT2D eigenvalue weighted by molar-refractivity contribution is 0.727. The molecule has 1 unspecified atom stereocenters.